The highest BCUT2D eigenvalue weighted by Gasteiger charge is 2.14. The van der Waals surface area contributed by atoms with Crippen molar-refractivity contribution in [2.24, 2.45) is 5.73 Å². The topological polar surface area (TPSA) is 107 Å². The summed E-state index contributed by atoms with van der Waals surface area (Å²) in [4.78, 5) is 11.5. The van der Waals surface area contributed by atoms with Gasteiger partial charge in [-0.1, -0.05) is 11.6 Å². The Hall–Kier alpha value is -2.38. The van der Waals surface area contributed by atoms with Crippen LogP contribution in [0, 0.1) is 0 Å². The van der Waals surface area contributed by atoms with Gasteiger partial charge in [0.15, 0.2) is 0 Å². The van der Waals surface area contributed by atoms with Gasteiger partial charge < -0.3 is 16.8 Å². The van der Waals surface area contributed by atoms with Crippen LogP contribution in [0.5, 0.6) is 0 Å². The molecule has 1 aromatic heterocycles. The van der Waals surface area contributed by atoms with E-state index in [9.17, 15) is 4.79 Å². The molecule has 8 heteroatoms. The molecule has 6 nitrogen and oxygen atoms in total. The zero-order chi connectivity index (χ0) is 15.0. The lowest BCUT2D eigenvalue weighted by Crippen LogP contribution is -2.13. The van der Waals surface area contributed by atoms with Gasteiger partial charge in [-0.25, -0.2) is 0 Å². The van der Waals surface area contributed by atoms with Crippen molar-refractivity contribution in [2.45, 2.75) is 0 Å². The molecule has 0 fully saturated rings. The van der Waals surface area contributed by atoms with Crippen LogP contribution in [0.2, 0.25) is 5.02 Å². The standard InChI is InChI=1S/C13H10ClN5OS/c14-8-3-4-9-12(19-21-18-9)11(8)17-10-5-6(15)1-2-7(10)13(16)20/h1-5,17H,15H2,(H2,16,20). The Balaban J connectivity index is 2.14. The molecule has 0 atom stereocenters. The first-order chi connectivity index (χ1) is 10.1. The second-order valence-corrected chi connectivity index (χ2v) is 5.28. The van der Waals surface area contributed by atoms with Gasteiger partial charge in [0.1, 0.15) is 11.0 Å². The van der Waals surface area contributed by atoms with E-state index >= 15 is 0 Å². The van der Waals surface area contributed by atoms with Crippen molar-refractivity contribution in [2.75, 3.05) is 11.1 Å². The van der Waals surface area contributed by atoms with Crippen LogP contribution < -0.4 is 16.8 Å². The Bertz CT molecular complexity index is 848. The lowest BCUT2D eigenvalue weighted by atomic mass is 10.1. The van der Waals surface area contributed by atoms with Crippen molar-refractivity contribution in [1.29, 1.82) is 0 Å². The van der Waals surface area contributed by atoms with E-state index in [0.29, 0.717) is 33.2 Å². The number of primary amides is 1. The Morgan fingerprint density at radius 2 is 2.05 bits per heavy atom. The summed E-state index contributed by atoms with van der Waals surface area (Å²) in [5.41, 5.74) is 14.3. The van der Waals surface area contributed by atoms with E-state index in [0.717, 1.165) is 17.2 Å². The number of rotatable bonds is 3. The molecule has 0 spiro atoms. The van der Waals surface area contributed by atoms with Gasteiger partial charge in [0.25, 0.3) is 5.91 Å². The van der Waals surface area contributed by atoms with Gasteiger partial charge in [-0.2, -0.15) is 8.75 Å². The van der Waals surface area contributed by atoms with Gasteiger partial charge in [-0.3, -0.25) is 4.79 Å². The van der Waals surface area contributed by atoms with Crippen LogP contribution in [0.15, 0.2) is 30.3 Å². The summed E-state index contributed by atoms with van der Waals surface area (Å²) in [5.74, 6) is -0.558. The highest BCUT2D eigenvalue weighted by Crippen LogP contribution is 2.34. The molecule has 0 aliphatic rings. The zero-order valence-corrected chi connectivity index (χ0v) is 12.2. The number of nitrogen functional groups attached to an aromatic ring is 1. The number of fused-ring (bicyclic) bond motifs is 1. The van der Waals surface area contributed by atoms with E-state index in [1.165, 1.54) is 0 Å². The lowest BCUT2D eigenvalue weighted by Gasteiger charge is -2.12. The van der Waals surface area contributed by atoms with Crippen LogP contribution in [-0.4, -0.2) is 14.7 Å². The summed E-state index contributed by atoms with van der Waals surface area (Å²) >= 11 is 7.29. The predicted octanol–water partition coefficient (Wildman–Crippen LogP) is 2.77. The van der Waals surface area contributed by atoms with E-state index in [2.05, 4.69) is 14.1 Å². The molecule has 2 aromatic carbocycles. The molecule has 21 heavy (non-hydrogen) atoms. The first-order valence-electron chi connectivity index (χ1n) is 5.93. The third kappa shape index (κ3) is 2.48. The molecule has 3 rings (SSSR count). The third-order valence-electron chi connectivity index (χ3n) is 2.95. The minimum atomic E-state index is -0.558. The van der Waals surface area contributed by atoms with E-state index in [4.69, 9.17) is 23.1 Å². The fraction of sp³-hybridized carbons (Fsp3) is 0. The molecule has 106 valence electrons. The quantitative estimate of drug-likeness (QED) is 0.643. The molecule has 0 aliphatic heterocycles. The zero-order valence-electron chi connectivity index (χ0n) is 10.6. The number of aromatic nitrogens is 2. The van der Waals surface area contributed by atoms with Crippen molar-refractivity contribution in [3.63, 3.8) is 0 Å². The van der Waals surface area contributed by atoms with E-state index in [1.54, 1.807) is 30.3 Å². The molecule has 1 heterocycles. The van der Waals surface area contributed by atoms with Crippen molar-refractivity contribution >= 4 is 57.3 Å². The molecule has 5 N–H and O–H groups in total. The maximum Gasteiger partial charge on any atom is 0.250 e. The van der Waals surface area contributed by atoms with Crippen LogP contribution in [-0.2, 0) is 0 Å². The first kappa shape index (κ1) is 13.6. The molecule has 0 saturated heterocycles. The number of anilines is 3. The largest absolute Gasteiger partial charge is 0.399 e. The Labute approximate surface area is 129 Å². The van der Waals surface area contributed by atoms with Gasteiger partial charge in [0.05, 0.1) is 33.7 Å². The molecule has 3 aromatic rings. The molecule has 1 amide bonds. The van der Waals surface area contributed by atoms with Crippen LogP contribution in [0.4, 0.5) is 17.1 Å². The molecule has 0 aliphatic carbocycles. The molecule has 0 unspecified atom stereocenters. The molecular weight excluding hydrogens is 310 g/mol. The highest BCUT2D eigenvalue weighted by atomic mass is 35.5. The van der Waals surface area contributed by atoms with Crippen LogP contribution in [0.1, 0.15) is 10.4 Å². The number of benzene rings is 2. The third-order valence-corrected chi connectivity index (χ3v) is 3.80. The van der Waals surface area contributed by atoms with Crippen molar-refractivity contribution in [1.82, 2.24) is 8.75 Å². The van der Waals surface area contributed by atoms with Gasteiger partial charge in [-0.05, 0) is 30.3 Å². The summed E-state index contributed by atoms with van der Waals surface area (Å²) in [7, 11) is 0. The number of hydrogen-bond donors (Lipinski definition) is 3. The fourth-order valence-corrected chi connectivity index (χ4v) is 2.70. The van der Waals surface area contributed by atoms with Crippen molar-refractivity contribution in [3.05, 3.63) is 40.9 Å². The lowest BCUT2D eigenvalue weighted by molar-refractivity contribution is 0.100. The summed E-state index contributed by atoms with van der Waals surface area (Å²) in [6.07, 6.45) is 0. The van der Waals surface area contributed by atoms with E-state index in [-0.39, 0.29) is 0 Å². The number of nitrogens with one attached hydrogen (secondary N) is 1. The maximum atomic E-state index is 11.5. The highest BCUT2D eigenvalue weighted by molar-refractivity contribution is 7.00. The van der Waals surface area contributed by atoms with Crippen molar-refractivity contribution < 1.29 is 4.79 Å². The van der Waals surface area contributed by atoms with E-state index in [1.807, 2.05) is 0 Å². The number of carbonyl (C=O) groups excluding carboxylic acids is 1. The fourth-order valence-electron chi connectivity index (χ4n) is 1.96. The van der Waals surface area contributed by atoms with Gasteiger partial charge in [0.2, 0.25) is 0 Å². The number of nitrogens with two attached hydrogens (primary N) is 2. The average Bonchev–Trinajstić information content (AvgIpc) is 2.90. The number of hydrogen-bond acceptors (Lipinski definition) is 6. The SMILES string of the molecule is NC(=O)c1ccc(N)cc1Nc1c(Cl)ccc2nsnc12. The molecular formula is C13H10ClN5OS. The predicted molar refractivity (Wildman–Crippen MR) is 85.1 cm³/mol. The maximum absolute atomic E-state index is 11.5. The van der Waals surface area contributed by atoms with Crippen molar-refractivity contribution in [3.8, 4) is 0 Å². The minimum absolute atomic E-state index is 0.320. The smallest absolute Gasteiger partial charge is 0.250 e. The Morgan fingerprint density at radius 1 is 1.24 bits per heavy atom. The molecule has 0 radical (unpaired) electrons. The van der Waals surface area contributed by atoms with Crippen LogP contribution >= 0.6 is 23.3 Å². The average molecular weight is 320 g/mol. The van der Waals surface area contributed by atoms with E-state index < -0.39 is 5.91 Å². The summed E-state index contributed by atoms with van der Waals surface area (Å²) in [6.45, 7) is 0. The minimum Gasteiger partial charge on any atom is -0.399 e. The van der Waals surface area contributed by atoms with Gasteiger partial charge >= 0.3 is 0 Å². The monoisotopic (exact) mass is 319 g/mol. The van der Waals surface area contributed by atoms with Gasteiger partial charge in [0, 0.05) is 5.69 Å². The van der Waals surface area contributed by atoms with Gasteiger partial charge in [-0.15, -0.1) is 0 Å². The molecule has 0 saturated carbocycles. The normalized spacial score (nSPS) is 10.7. The Morgan fingerprint density at radius 3 is 2.81 bits per heavy atom. The second-order valence-electron chi connectivity index (χ2n) is 4.35. The number of nitrogens with zero attached hydrogens (tertiary/aromatic N) is 2. The molecule has 0 bridgehead atoms. The summed E-state index contributed by atoms with van der Waals surface area (Å²) < 4.78 is 8.36. The first-order valence-corrected chi connectivity index (χ1v) is 7.04. The Kier molecular flexibility index (Phi) is 3.36. The number of halogens is 1. The summed E-state index contributed by atoms with van der Waals surface area (Å²) in [6, 6.07) is 8.28. The number of amides is 1. The van der Waals surface area contributed by atoms with Crippen LogP contribution in [0.3, 0.4) is 0 Å². The summed E-state index contributed by atoms with van der Waals surface area (Å²) in [5, 5.41) is 3.55. The second kappa shape index (κ2) is 5.19. The van der Waals surface area contributed by atoms with Crippen LogP contribution in [0.25, 0.3) is 11.0 Å². The number of carbonyl (C=O) groups is 1.